The Morgan fingerprint density at radius 2 is 1.89 bits per heavy atom. The Balaban J connectivity index is 1.67. The maximum atomic E-state index is 14.0. The van der Waals surface area contributed by atoms with Gasteiger partial charge in [-0.1, -0.05) is 13.0 Å². The third-order valence-corrected chi connectivity index (χ3v) is 8.46. The first-order valence-electron chi connectivity index (χ1n) is 14.1. The summed E-state index contributed by atoms with van der Waals surface area (Å²) in [5.41, 5.74) is 0.787. The minimum absolute atomic E-state index is 0.00236. The second-order valence-corrected chi connectivity index (χ2v) is 11.9. The molecule has 1 unspecified atom stereocenters. The number of aliphatic hydroxyl groups excluding tert-OH is 1. The first kappa shape index (κ1) is 33.4. The molecule has 1 aromatic carbocycles. The number of pyridine rings is 1. The number of aliphatic hydroxyl groups is 1. The normalized spacial score (nSPS) is 12.1. The van der Waals surface area contributed by atoms with Crippen molar-refractivity contribution < 1.29 is 32.4 Å². The van der Waals surface area contributed by atoms with Crippen molar-refractivity contribution in [1.82, 2.24) is 30.0 Å². The van der Waals surface area contributed by atoms with Gasteiger partial charge < -0.3 is 30.4 Å². The quantitative estimate of drug-likeness (QED) is 0.130. The number of nitrogens with zero attached hydrogens (tertiary/aromatic N) is 5. The molecule has 240 valence electrons. The lowest BCUT2D eigenvalue weighted by Crippen LogP contribution is -2.21. The zero-order chi connectivity index (χ0) is 32.6. The van der Waals surface area contributed by atoms with Gasteiger partial charge in [0.1, 0.15) is 17.1 Å². The summed E-state index contributed by atoms with van der Waals surface area (Å²) in [6, 6.07) is 8.09. The van der Waals surface area contributed by atoms with Crippen LogP contribution in [0.1, 0.15) is 41.4 Å². The van der Waals surface area contributed by atoms with Crippen LogP contribution in [0.5, 0.6) is 5.75 Å². The number of amides is 1. The van der Waals surface area contributed by atoms with E-state index < -0.39 is 31.3 Å². The largest absolute Gasteiger partial charge is 0.495 e. The van der Waals surface area contributed by atoms with E-state index in [1.54, 1.807) is 29.1 Å². The molecule has 0 bridgehead atoms. The third-order valence-electron chi connectivity index (χ3n) is 6.60. The Morgan fingerprint density at radius 3 is 2.58 bits per heavy atom. The van der Waals surface area contributed by atoms with Gasteiger partial charge in [-0.25, -0.2) is 9.97 Å². The molecule has 12 nitrogen and oxygen atoms in total. The first-order chi connectivity index (χ1) is 21.6. The van der Waals surface area contributed by atoms with Gasteiger partial charge in [0.15, 0.2) is 5.69 Å². The monoisotopic (exact) mass is 646 g/mol. The fourth-order valence-electron chi connectivity index (χ4n) is 4.40. The number of aromatic nitrogens is 5. The van der Waals surface area contributed by atoms with Crippen molar-refractivity contribution in [2.45, 2.75) is 38.6 Å². The van der Waals surface area contributed by atoms with Crippen LogP contribution in [0.4, 0.5) is 36.3 Å². The number of aryl methyl sites for hydroxylation is 1. The summed E-state index contributed by atoms with van der Waals surface area (Å²) in [5, 5.41) is 21.2. The first-order valence-corrected chi connectivity index (χ1v) is 15.9. The number of carbonyl (C=O) groups is 1. The van der Waals surface area contributed by atoms with Gasteiger partial charge in [0.25, 0.3) is 5.91 Å². The van der Waals surface area contributed by atoms with Gasteiger partial charge in [-0.15, -0.1) is 0 Å². The Hall–Kier alpha value is -4.49. The molecule has 3 heterocycles. The number of alkyl halides is 3. The Kier molecular flexibility index (Phi) is 11.1. The smallest absolute Gasteiger partial charge is 0.421 e. The number of carbonyl (C=O) groups excluding carboxylic acids is 1. The van der Waals surface area contributed by atoms with Crippen LogP contribution in [0, 0.1) is 0 Å². The molecule has 0 fully saturated rings. The van der Waals surface area contributed by atoms with Gasteiger partial charge in [0.2, 0.25) is 5.95 Å². The van der Waals surface area contributed by atoms with Crippen LogP contribution in [0.25, 0.3) is 11.3 Å². The Bertz CT molecular complexity index is 1660. The molecule has 0 spiro atoms. The lowest BCUT2D eigenvalue weighted by Gasteiger charge is -2.17. The number of ether oxygens (including phenoxy) is 1. The molecule has 0 radical (unpaired) electrons. The predicted molar refractivity (Wildman–Crippen MR) is 165 cm³/mol. The SMILES string of the molecule is CCC[PH](=O)Cc1ccc(Nc2ncc(C(F)(F)F)c(Nc3ccc(-c4cnn(CCCO)c4)nc3C(=O)NC)n2)c(OC)c1. The molecule has 0 aliphatic carbocycles. The van der Waals surface area contributed by atoms with Crippen LogP contribution in [0.3, 0.4) is 0 Å². The van der Waals surface area contributed by atoms with Crippen LogP contribution in [0.15, 0.2) is 48.9 Å². The summed E-state index contributed by atoms with van der Waals surface area (Å²) in [5.74, 6) is -1.04. The number of hydrogen-bond donors (Lipinski definition) is 4. The number of rotatable bonds is 14. The second-order valence-electron chi connectivity index (χ2n) is 9.94. The molecule has 3 aromatic heterocycles. The minimum Gasteiger partial charge on any atom is -0.495 e. The summed E-state index contributed by atoms with van der Waals surface area (Å²) in [6.45, 7) is 2.43. The summed E-state index contributed by atoms with van der Waals surface area (Å²) in [6.07, 6.45) is 1.41. The van der Waals surface area contributed by atoms with E-state index in [-0.39, 0.29) is 23.9 Å². The highest BCUT2D eigenvalue weighted by molar-refractivity contribution is 7.43. The number of halogens is 3. The topological polar surface area (TPSA) is 156 Å². The van der Waals surface area contributed by atoms with Gasteiger partial charge in [0, 0.05) is 44.3 Å². The summed E-state index contributed by atoms with van der Waals surface area (Å²) in [4.78, 5) is 25.1. The molecule has 1 atom stereocenters. The van der Waals surface area contributed by atoms with E-state index in [1.807, 2.05) is 6.92 Å². The third kappa shape index (κ3) is 8.58. The van der Waals surface area contributed by atoms with Crippen LogP contribution >= 0.6 is 7.80 Å². The number of hydrogen-bond acceptors (Lipinski definition) is 10. The highest BCUT2D eigenvalue weighted by Gasteiger charge is 2.36. The molecule has 1 amide bonds. The molecule has 45 heavy (non-hydrogen) atoms. The standard InChI is InChI=1S/C29H34F3N8O4P/c1-4-12-45(43)17-18-6-7-22(24(13-18)44-3)38-28-34-15-20(29(30,31)32)26(39-28)37-23-9-8-21(36-25(23)27(42)33-2)19-14-35-40(16-19)10-5-11-41/h6-9,13-16,41,45H,4-5,10-12,17H2,1-3H3,(H,33,42)(H2,34,37,38,39). The minimum atomic E-state index is -4.82. The fourth-order valence-corrected chi connectivity index (χ4v) is 5.81. The molecule has 16 heteroatoms. The van der Waals surface area contributed by atoms with Gasteiger partial charge in [-0.05, 0) is 48.8 Å². The van der Waals surface area contributed by atoms with E-state index in [0.717, 1.165) is 12.0 Å². The summed E-state index contributed by atoms with van der Waals surface area (Å²) in [7, 11) is 1.03. The molecule has 0 saturated carbocycles. The zero-order valence-corrected chi connectivity index (χ0v) is 25.9. The molecular formula is C29H34F3N8O4P. The number of nitrogens with one attached hydrogen (secondary N) is 3. The molecular weight excluding hydrogens is 612 g/mol. The number of benzene rings is 1. The fraction of sp³-hybridized carbons (Fsp3) is 0.345. The molecule has 0 saturated heterocycles. The summed E-state index contributed by atoms with van der Waals surface area (Å²) >= 11 is 0. The van der Waals surface area contributed by atoms with Crippen molar-refractivity contribution in [3.8, 4) is 17.0 Å². The van der Waals surface area contributed by atoms with Crippen molar-refractivity contribution in [2.24, 2.45) is 0 Å². The van der Waals surface area contributed by atoms with Gasteiger partial charge in [-0.3, -0.25) is 9.48 Å². The Morgan fingerprint density at radius 1 is 1.11 bits per heavy atom. The maximum absolute atomic E-state index is 14.0. The average Bonchev–Trinajstić information content (AvgIpc) is 3.49. The molecule has 4 aromatic rings. The van der Waals surface area contributed by atoms with E-state index >= 15 is 0 Å². The van der Waals surface area contributed by atoms with Crippen LogP contribution < -0.4 is 20.7 Å². The second kappa shape index (κ2) is 15.0. The van der Waals surface area contributed by atoms with Crippen LogP contribution in [-0.4, -0.2) is 62.7 Å². The van der Waals surface area contributed by atoms with Crippen molar-refractivity contribution in [3.63, 3.8) is 0 Å². The van der Waals surface area contributed by atoms with Crippen molar-refractivity contribution >= 4 is 36.8 Å². The van der Waals surface area contributed by atoms with E-state index in [9.17, 15) is 22.5 Å². The van der Waals surface area contributed by atoms with E-state index in [4.69, 9.17) is 9.84 Å². The lowest BCUT2D eigenvalue weighted by atomic mass is 10.1. The highest BCUT2D eigenvalue weighted by Crippen LogP contribution is 2.37. The maximum Gasteiger partial charge on any atom is 0.421 e. The highest BCUT2D eigenvalue weighted by atomic mass is 31.1. The van der Waals surface area contributed by atoms with Crippen molar-refractivity contribution in [1.29, 1.82) is 0 Å². The number of methoxy groups -OCH3 is 1. The lowest BCUT2D eigenvalue weighted by molar-refractivity contribution is -0.137. The van der Waals surface area contributed by atoms with Crippen LogP contribution in [-0.2, 0) is 23.4 Å². The number of anilines is 4. The van der Waals surface area contributed by atoms with E-state index in [1.165, 1.54) is 32.5 Å². The average molecular weight is 647 g/mol. The van der Waals surface area contributed by atoms with E-state index in [0.29, 0.717) is 54.2 Å². The van der Waals surface area contributed by atoms with Gasteiger partial charge in [0.05, 0.1) is 38.2 Å². The molecule has 4 rings (SSSR count). The molecule has 4 N–H and O–H groups in total. The van der Waals surface area contributed by atoms with Crippen molar-refractivity contribution in [3.05, 3.63) is 65.7 Å². The Labute approximate surface area is 258 Å². The van der Waals surface area contributed by atoms with Gasteiger partial charge >= 0.3 is 6.18 Å². The summed E-state index contributed by atoms with van der Waals surface area (Å²) < 4.78 is 61.4. The van der Waals surface area contributed by atoms with Gasteiger partial charge in [-0.2, -0.15) is 23.3 Å². The van der Waals surface area contributed by atoms with E-state index in [2.05, 4.69) is 36.0 Å². The zero-order valence-electron chi connectivity index (χ0n) is 24.9. The predicted octanol–water partition coefficient (Wildman–Crippen LogP) is 5.46. The molecule has 0 aliphatic rings. The van der Waals surface area contributed by atoms with Crippen LogP contribution in [0.2, 0.25) is 0 Å². The molecule has 0 aliphatic heterocycles. The van der Waals surface area contributed by atoms with Crippen molar-refractivity contribution in [2.75, 3.05) is 37.6 Å².